The Hall–Kier alpha value is -0.180. The largest absolute Gasteiger partial charge is 0.481 e. The van der Waals surface area contributed by atoms with Gasteiger partial charge in [-0.15, -0.1) is 0 Å². The molecule has 0 amide bonds. The first-order valence-electron chi connectivity index (χ1n) is 8.01. The Labute approximate surface area is 125 Å². The third kappa shape index (κ3) is 27.1. The molecule has 0 aliphatic heterocycles. The lowest BCUT2D eigenvalue weighted by Gasteiger charge is -2.00. The van der Waals surface area contributed by atoms with Gasteiger partial charge in [-0.2, -0.15) is 12.6 Å². The number of carboxylic acid groups (broad SMARTS) is 1. The Balaban J connectivity index is 0. The summed E-state index contributed by atoms with van der Waals surface area (Å²) in [6, 6.07) is 0. The van der Waals surface area contributed by atoms with Crippen LogP contribution in [-0.2, 0) is 4.79 Å². The molecule has 0 aliphatic carbocycles. The molecule has 0 aliphatic rings. The minimum absolute atomic E-state index is 0.156. The average Bonchev–Trinajstić information content (AvgIpc) is 2.37. The fourth-order valence-corrected chi connectivity index (χ4v) is 2.02. The molecule has 0 spiro atoms. The zero-order valence-corrected chi connectivity index (χ0v) is 13.9. The summed E-state index contributed by atoms with van der Waals surface area (Å²) in [5.74, 6) is -0.361. The summed E-state index contributed by atoms with van der Waals surface area (Å²) < 4.78 is 0. The van der Waals surface area contributed by atoms with Crippen LogP contribution in [0.4, 0.5) is 0 Å². The highest BCUT2D eigenvalue weighted by Gasteiger charge is 1.91. The SMILES string of the molecule is CCCCCCCCCCCCC.O=C(O)CCS. The molecule has 3 heteroatoms. The highest BCUT2D eigenvalue weighted by Crippen LogP contribution is 2.10. The Morgan fingerprint density at radius 1 is 0.789 bits per heavy atom. The van der Waals surface area contributed by atoms with Gasteiger partial charge in [0.15, 0.2) is 0 Å². The van der Waals surface area contributed by atoms with Gasteiger partial charge in [0.25, 0.3) is 0 Å². The topological polar surface area (TPSA) is 37.3 Å². The van der Waals surface area contributed by atoms with Crippen LogP contribution in [0.1, 0.15) is 90.9 Å². The van der Waals surface area contributed by atoms with Crippen LogP contribution < -0.4 is 0 Å². The van der Waals surface area contributed by atoms with Gasteiger partial charge in [0.1, 0.15) is 0 Å². The molecule has 2 nitrogen and oxygen atoms in total. The van der Waals surface area contributed by atoms with Crippen molar-refractivity contribution in [3.63, 3.8) is 0 Å². The van der Waals surface area contributed by atoms with Crippen molar-refractivity contribution >= 4 is 18.6 Å². The second kappa shape index (κ2) is 20.1. The van der Waals surface area contributed by atoms with E-state index in [2.05, 4.69) is 26.5 Å². The van der Waals surface area contributed by atoms with Gasteiger partial charge in [0, 0.05) is 5.75 Å². The minimum Gasteiger partial charge on any atom is -0.481 e. The summed E-state index contributed by atoms with van der Waals surface area (Å²) >= 11 is 3.68. The van der Waals surface area contributed by atoms with Gasteiger partial charge in [0.05, 0.1) is 6.42 Å². The molecular formula is C16H34O2S. The van der Waals surface area contributed by atoms with E-state index < -0.39 is 5.97 Å². The first kappa shape index (κ1) is 21.1. The summed E-state index contributed by atoms with van der Waals surface area (Å²) in [6.45, 7) is 4.56. The second-order valence-corrected chi connectivity index (χ2v) is 5.50. The lowest BCUT2D eigenvalue weighted by Crippen LogP contribution is -1.93. The maximum absolute atomic E-state index is 9.55. The zero-order chi connectivity index (χ0) is 14.8. The third-order valence-corrected chi connectivity index (χ3v) is 3.26. The molecule has 0 unspecified atom stereocenters. The smallest absolute Gasteiger partial charge is 0.304 e. The molecule has 0 heterocycles. The first-order valence-corrected chi connectivity index (χ1v) is 8.64. The van der Waals surface area contributed by atoms with Crippen LogP contribution in [0.5, 0.6) is 0 Å². The van der Waals surface area contributed by atoms with Crippen LogP contribution in [-0.4, -0.2) is 16.8 Å². The van der Waals surface area contributed by atoms with E-state index in [9.17, 15) is 4.79 Å². The normalized spacial score (nSPS) is 9.84. The first-order chi connectivity index (χ1) is 9.18. The van der Waals surface area contributed by atoms with Crippen LogP contribution in [0.25, 0.3) is 0 Å². The van der Waals surface area contributed by atoms with E-state index in [1.165, 1.54) is 70.6 Å². The average molecular weight is 291 g/mol. The fourth-order valence-electron chi connectivity index (χ4n) is 1.83. The molecule has 19 heavy (non-hydrogen) atoms. The molecule has 0 bridgehead atoms. The molecule has 0 aromatic heterocycles. The standard InChI is InChI=1S/C13H28.C3H6O2S/c1-3-5-7-9-11-13-12-10-8-6-4-2;4-3(5)1-2-6/h3-13H2,1-2H3;6H,1-2H2,(H,4,5). The Kier molecular flexibility index (Phi) is 22.4. The molecule has 0 saturated carbocycles. The minimum atomic E-state index is -0.787. The van der Waals surface area contributed by atoms with Gasteiger partial charge >= 0.3 is 5.97 Å². The number of hydrogen-bond donors (Lipinski definition) is 2. The van der Waals surface area contributed by atoms with Gasteiger partial charge in [-0.25, -0.2) is 0 Å². The van der Waals surface area contributed by atoms with Crippen molar-refractivity contribution in [3.8, 4) is 0 Å². The molecule has 0 fully saturated rings. The van der Waals surface area contributed by atoms with E-state index in [-0.39, 0.29) is 6.42 Å². The van der Waals surface area contributed by atoms with E-state index in [0.717, 1.165) is 0 Å². The molecular weight excluding hydrogens is 256 g/mol. The summed E-state index contributed by atoms with van der Waals surface area (Å²) in [6.07, 6.45) is 16.1. The maximum atomic E-state index is 9.55. The van der Waals surface area contributed by atoms with E-state index in [1.54, 1.807) is 0 Å². The van der Waals surface area contributed by atoms with Crippen molar-refractivity contribution in [2.24, 2.45) is 0 Å². The predicted octanol–water partition coefficient (Wildman–Crippen LogP) is 5.71. The van der Waals surface area contributed by atoms with Crippen molar-refractivity contribution < 1.29 is 9.90 Å². The zero-order valence-electron chi connectivity index (χ0n) is 13.0. The molecule has 0 saturated heterocycles. The number of thiol groups is 1. The summed E-state index contributed by atoms with van der Waals surface area (Å²) in [5.41, 5.74) is 0. The Morgan fingerprint density at radius 3 is 1.26 bits per heavy atom. The Morgan fingerprint density at radius 2 is 1.11 bits per heavy atom. The highest BCUT2D eigenvalue weighted by atomic mass is 32.1. The van der Waals surface area contributed by atoms with Crippen LogP contribution in [0.2, 0.25) is 0 Å². The van der Waals surface area contributed by atoms with Gasteiger partial charge in [-0.1, -0.05) is 84.5 Å². The molecule has 1 N–H and O–H groups in total. The van der Waals surface area contributed by atoms with Gasteiger partial charge < -0.3 is 5.11 Å². The molecule has 0 rings (SSSR count). The second-order valence-electron chi connectivity index (χ2n) is 5.05. The number of unbranched alkanes of at least 4 members (excludes halogenated alkanes) is 10. The van der Waals surface area contributed by atoms with Crippen molar-refractivity contribution in [3.05, 3.63) is 0 Å². The van der Waals surface area contributed by atoms with Gasteiger partial charge in [-0.3, -0.25) is 4.79 Å². The number of carboxylic acids is 1. The number of rotatable bonds is 12. The lowest BCUT2D eigenvalue weighted by molar-refractivity contribution is -0.136. The Bertz CT molecular complexity index is 162. The molecule has 116 valence electrons. The predicted molar refractivity (Wildman–Crippen MR) is 88.2 cm³/mol. The van der Waals surface area contributed by atoms with Crippen LogP contribution in [0, 0.1) is 0 Å². The van der Waals surface area contributed by atoms with Crippen LogP contribution >= 0.6 is 12.6 Å². The summed E-state index contributed by atoms with van der Waals surface area (Å²) in [5, 5.41) is 7.86. The fraction of sp³-hybridized carbons (Fsp3) is 0.938. The quantitative estimate of drug-likeness (QED) is 0.357. The molecule has 0 atom stereocenters. The van der Waals surface area contributed by atoms with Crippen molar-refractivity contribution in [2.45, 2.75) is 90.9 Å². The third-order valence-electron chi connectivity index (χ3n) is 3.03. The number of aliphatic carboxylic acids is 1. The highest BCUT2D eigenvalue weighted by molar-refractivity contribution is 7.80. The van der Waals surface area contributed by atoms with Crippen molar-refractivity contribution in [1.29, 1.82) is 0 Å². The van der Waals surface area contributed by atoms with E-state index in [0.29, 0.717) is 5.75 Å². The number of hydrogen-bond acceptors (Lipinski definition) is 2. The maximum Gasteiger partial charge on any atom is 0.304 e. The molecule has 0 aromatic rings. The van der Waals surface area contributed by atoms with E-state index in [4.69, 9.17) is 5.11 Å². The van der Waals surface area contributed by atoms with E-state index in [1.807, 2.05) is 0 Å². The van der Waals surface area contributed by atoms with Gasteiger partial charge in [-0.05, 0) is 0 Å². The lowest BCUT2D eigenvalue weighted by atomic mass is 10.1. The number of carbonyl (C=O) groups is 1. The van der Waals surface area contributed by atoms with Crippen molar-refractivity contribution in [1.82, 2.24) is 0 Å². The van der Waals surface area contributed by atoms with Crippen molar-refractivity contribution in [2.75, 3.05) is 5.75 Å². The molecule has 0 radical (unpaired) electrons. The van der Waals surface area contributed by atoms with E-state index >= 15 is 0 Å². The van der Waals surface area contributed by atoms with Crippen LogP contribution in [0.3, 0.4) is 0 Å². The summed E-state index contributed by atoms with van der Waals surface area (Å²) in [4.78, 5) is 9.55. The van der Waals surface area contributed by atoms with Crippen LogP contribution in [0.15, 0.2) is 0 Å². The summed E-state index contributed by atoms with van der Waals surface area (Å²) in [7, 11) is 0. The monoisotopic (exact) mass is 290 g/mol. The van der Waals surface area contributed by atoms with Gasteiger partial charge in [0.2, 0.25) is 0 Å². The molecule has 0 aromatic carbocycles.